The Bertz CT molecular complexity index is 602. The van der Waals surface area contributed by atoms with Crippen LogP contribution in [0.4, 0.5) is 0 Å². The van der Waals surface area contributed by atoms with E-state index in [1.807, 2.05) is 30.3 Å². The van der Waals surface area contributed by atoms with Crippen molar-refractivity contribution in [1.29, 1.82) is 0 Å². The number of nitrogens with one attached hydrogen (secondary N) is 1. The molecule has 1 atom stereocenters. The van der Waals surface area contributed by atoms with E-state index in [4.69, 9.17) is 10.8 Å². The fourth-order valence-corrected chi connectivity index (χ4v) is 2.61. The largest absolute Gasteiger partial charge is 0.480 e. The third-order valence-corrected chi connectivity index (χ3v) is 3.89. The standard InChI is InChI=1S/C14H15N3O2/c15-12(13(18)19)14(6-7-14)10-8-16-17-11(10)9-4-2-1-3-5-9/h1-5,8,12H,6-7,15H2,(H,16,17)(H,18,19). The lowest BCUT2D eigenvalue weighted by Gasteiger charge is -2.19. The van der Waals surface area contributed by atoms with E-state index in [2.05, 4.69) is 10.2 Å². The van der Waals surface area contributed by atoms with Gasteiger partial charge in [0, 0.05) is 11.0 Å². The molecular weight excluding hydrogens is 242 g/mol. The minimum atomic E-state index is -0.960. The number of nitrogens with two attached hydrogens (primary N) is 1. The van der Waals surface area contributed by atoms with Crippen LogP contribution in [0, 0.1) is 0 Å². The zero-order valence-electron chi connectivity index (χ0n) is 10.3. The second-order valence-electron chi connectivity index (χ2n) is 5.00. The number of carbonyl (C=O) groups is 1. The van der Waals surface area contributed by atoms with E-state index in [0.717, 1.165) is 29.7 Å². The number of carboxylic acid groups (broad SMARTS) is 1. The molecule has 0 amide bonds. The van der Waals surface area contributed by atoms with Crippen molar-refractivity contribution in [2.24, 2.45) is 5.73 Å². The molecule has 4 N–H and O–H groups in total. The Balaban J connectivity index is 2.04. The van der Waals surface area contributed by atoms with Crippen LogP contribution in [-0.2, 0) is 10.2 Å². The van der Waals surface area contributed by atoms with Gasteiger partial charge in [-0.05, 0) is 18.4 Å². The molecule has 1 heterocycles. The number of hydrogen-bond acceptors (Lipinski definition) is 3. The van der Waals surface area contributed by atoms with E-state index < -0.39 is 17.4 Å². The van der Waals surface area contributed by atoms with Gasteiger partial charge >= 0.3 is 5.97 Å². The first-order valence-electron chi connectivity index (χ1n) is 6.23. The van der Waals surface area contributed by atoms with Gasteiger partial charge in [-0.1, -0.05) is 30.3 Å². The summed E-state index contributed by atoms with van der Waals surface area (Å²) in [6.45, 7) is 0. The highest BCUT2D eigenvalue weighted by molar-refractivity contribution is 5.78. The van der Waals surface area contributed by atoms with Crippen molar-refractivity contribution in [1.82, 2.24) is 10.2 Å². The smallest absolute Gasteiger partial charge is 0.321 e. The van der Waals surface area contributed by atoms with Crippen molar-refractivity contribution in [3.63, 3.8) is 0 Å². The number of rotatable bonds is 4. The van der Waals surface area contributed by atoms with Gasteiger partial charge in [0.2, 0.25) is 0 Å². The lowest BCUT2D eigenvalue weighted by Crippen LogP contribution is -2.42. The molecule has 1 aliphatic carbocycles. The van der Waals surface area contributed by atoms with Crippen molar-refractivity contribution in [2.75, 3.05) is 0 Å². The molecule has 0 aliphatic heterocycles. The van der Waals surface area contributed by atoms with Crippen molar-refractivity contribution >= 4 is 5.97 Å². The molecule has 2 aromatic rings. The topological polar surface area (TPSA) is 92.0 Å². The van der Waals surface area contributed by atoms with Gasteiger partial charge in [-0.2, -0.15) is 5.10 Å². The van der Waals surface area contributed by atoms with Crippen molar-refractivity contribution in [2.45, 2.75) is 24.3 Å². The number of benzene rings is 1. The van der Waals surface area contributed by atoms with E-state index >= 15 is 0 Å². The molecule has 0 spiro atoms. The van der Waals surface area contributed by atoms with Crippen LogP contribution in [0.1, 0.15) is 18.4 Å². The molecule has 1 unspecified atom stereocenters. The quantitative estimate of drug-likeness (QED) is 0.774. The Labute approximate surface area is 110 Å². The first kappa shape index (κ1) is 11.9. The third kappa shape index (κ3) is 1.82. The van der Waals surface area contributed by atoms with E-state index in [1.54, 1.807) is 6.20 Å². The minimum Gasteiger partial charge on any atom is -0.480 e. The monoisotopic (exact) mass is 257 g/mol. The third-order valence-electron chi connectivity index (χ3n) is 3.89. The maximum atomic E-state index is 11.2. The molecule has 5 heteroatoms. The second-order valence-corrected chi connectivity index (χ2v) is 5.00. The molecule has 1 aromatic carbocycles. The van der Waals surface area contributed by atoms with Gasteiger partial charge in [-0.15, -0.1) is 0 Å². The molecule has 19 heavy (non-hydrogen) atoms. The summed E-state index contributed by atoms with van der Waals surface area (Å²) in [5, 5.41) is 16.2. The predicted molar refractivity (Wildman–Crippen MR) is 70.5 cm³/mol. The number of aromatic amines is 1. The van der Waals surface area contributed by atoms with Crippen LogP contribution in [0.15, 0.2) is 36.5 Å². The van der Waals surface area contributed by atoms with Gasteiger partial charge < -0.3 is 10.8 Å². The van der Waals surface area contributed by atoms with E-state index in [1.165, 1.54) is 0 Å². The van der Waals surface area contributed by atoms with Gasteiger partial charge in [-0.3, -0.25) is 9.89 Å². The predicted octanol–water partition coefficient (Wildman–Crippen LogP) is 1.52. The molecule has 1 fully saturated rings. The van der Waals surface area contributed by atoms with E-state index in [-0.39, 0.29) is 0 Å². The molecule has 5 nitrogen and oxygen atoms in total. The fraction of sp³-hybridized carbons (Fsp3) is 0.286. The summed E-state index contributed by atoms with van der Waals surface area (Å²) < 4.78 is 0. The minimum absolute atomic E-state index is 0.468. The number of aromatic nitrogens is 2. The van der Waals surface area contributed by atoms with Crippen LogP contribution < -0.4 is 5.73 Å². The van der Waals surface area contributed by atoms with Gasteiger partial charge in [0.1, 0.15) is 6.04 Å². The zero-order chi connectivity index (χ0) is 13.5. The van der Waals surface area contributed by atoms with Crippen LogP contribution in [0.25, 0.3) is 11.3 Å². The van der Waals surface area contributed by atoms with Crippen LogP contribution in [0.5, 0.6) is 0 Å². The Morgan fingerprint density at radius 1 is 1.37 bits per heavy atom. The summed E-state index contributed by atoms with van der Waals surface area (Å²) in [5.74, 6) is -0.960. The second kappa shape index (κ2) is 4.20. The molecule has 0 saturated heterocycles. The highest BCUT2D eigenvalue weighted by Crippen LogP contribution is 2.52. The summed E-state index contributed by atoms with van der Waals surface area (Å²) in [6.07, 6.45) is 3.29. The Hall–Kier alpha value is -2.14. The SMILES string of the molecule is NC(C(=O)O)C1(c2cn[nH]c2-c2ccccc2)CC1. The summed E-state index contributed by atoms with van der Waals surface area (Å²) in [5.41, 5.74) is 8.17. The summed E-state index contributed by atoms with van der Waals surface area (Å²) in [6, 6.07) is 8.88. The van der Waals surface area contributed by atoms with Crippen LogP contribution in [0.3, 0.4) is 0 Å². The molecule has 1 aromatic heterocycles. The fourth-order valence-electron chi connectivity index (χ4n) is 2.61. The molecule has 1 saturated carbocycles. The maximum absolute atomic E-state index is 11.2. The molecule has 1 aliphatic rings. The van der Waals surface area contributed by atoms with Crippen molar-refractivity contribution in [3.8, 4) is 11.3 Å². The van der Waals surface area contributed by atoms with E-state index in [9.17, 15) is 4.79 Å². The van der Waals surface area contributed by atoms with Gasteiger partial charge in [0.25, 0.3) is 0 Å². The summed E-state index contributed by atoms with van der Waals surface area (Å²) >= 11 is 0. The van der Waals surface area contributed by atoms with Crippen LogP contribution >= 0.6 is 0 Å². The van der Waals surface area contributed by atoms with Crippen molar-refractivity contribution in [3.05, 3.63) is 42.1 Å². The lowest BCUT2D eigenvalue weighted by molar-refractivity contribution is -0.139. The zero-order valence-corrected chi connectivity index (χ0v) is 10.3. The van der Waals surface area contributed by atoms with Crippen LogP contribution in [-0.4, -0.2) is 27.3 Å². The average Bonchev–Trinajstić information content (AvgIpc) is 3.08. The Kier molecular flexibility index (Phi) is 2.64. The first-order chi connectivity index (χ1) is 9.15. The summed E-state index contributed by atoms with van der Waals surface area (Å²) in [4.78, 5) is 11.2. The molecule has 0 bridgehead atoms. The highest BCUT2D eigenvalue weighted by Gasteiger charge is 2.54. The average molecular weight is 257 g/mol. The first-order valence-corrected chi connectivity index (χ1v) is 6.23. The number of aliphatic carboxylic acids is 1. The van der Waals surface area contributed by atoms with Gasteiger partial charge in [0.15, 0.2) is 0 Å². The Morgan fingerprint density at radius 2 is 2.05 bits per heavy atom. The number of nitrogens with zero attached hydrogens (tertiary/aromatic N) is 1. The van der Waals surface area contributed by atoms with E-state index in [0.29, 0.717) is 0 Å². The number of carboxylic acids is 1. The molecular formula is C14H15N3O2. The van der Waals surface area contributed by atoms with Crippen molar-refractivity contribution < 1.29 is 9.90 Å². The Morgan fingerprint density at radius 3 is 2.63 bits per heavy atom. The highest BCUT2D eigenvalue weighted by atomic mass is 16.4. The van der Waals surface area contributed by atoms with Gasteiger partial charge in [0.05, 0.1) is 11.9 Å². The number of hydrogen-bond donors (Lipinski definition) is 3. The molecule has 3 rings (SSSR count). The number of H-pyrrole nitrogens is 1. The van der Waals surface area contributed by atoms with Gasteiger partial charge in [-0.25, -0.2) is 0 Å². The lowest BCUT2D eigenvalue weighted by atomic mass is 9.87. The normalized spacial score (nSPS) is 17.9. The molecule has 98 valence electrons. The maximum Gasteiger partial charge on any atom is 0.321 e. The molecule has 0 radical (unpaired) electrons. The summed E-state index contributed by atoms with van der Waals surface area (Å²) in [7, 11) is 0. The van der Waals surface area contributed by atoms with Crippen LogP contribution in [0.2, 0.25) is 0 Å².